The van der Waals surface area contributed by atoms with Crippen molar-refractivity contribution in [3.63, 3.8) is 0 Å². The highest BCUT2D eigenvalue weighted by Crippen LogP contribution is 2.54. The van der Waals surface area contributed by atoms with E-state index in [1.165, 1.54) is 42.5 Å². The largest absolute Gasteiger partial charge is 0.586 e. The number of aryl methyl sites for hydroxylation is 2. The second-order valence-corrected chi connectivity index (χ2v) is 16.5. The molecule has 2 saturated carbocycles. The van der Waals surface area contributed by atoms with Gasteiger partial charge in [0.25, 0.3) is 0 Å². The number of amides is 1. The predicted molar refractivity (Wildman–Crippen MR) is 234 cm³/mol. The number of ketones is 1. The maximum Gasteiger partial charge on any atom is 0.586 e. The predicted octanol–water partition coefficient (Wildman–Crippen LogP) is 10.1. The number of halogens is 5. The zero-order valence-corrected chi connectivity index (χ0v) is 36.2. The Bertz CT molecular complexity index is 2810. The lowest BCUT2D eigenvalue weighted by molar-refractivity contribution is -0.287. The number of anilines is 1. The molecule has 13 nitrogen and oxygen atoms in total. The number of ether oxygens (including phenoxy) is 4. The SMILES string of the molecule is Cc1ccc(CC(=O)C2(c3ccc4c(c3)OC(F)(F)O4)CC2)nc1-c1cccc(C(=O)O)c1.Cc1ccc(NC(=O)C2(c3ccc4c(c3)OC(F)(F)O4)CC2)nc1-c1cccc(C(=O)O)c1.Cl. The van der Waals surface area contributed by atoms with Crippen LogP contribution < -0.4 is 24.3 Å². The highest BCUT2D eigenvalue weighted by atomic mass is 35.5. The molecule has 0 bridgehead atoms. The average molecular weight is 940 g/mol. The van der Waals surface area contributed by atoms with Crippen molar-refractivity contribution in [1.82, 2.24) is 9.97 Å². The van der Waals surface area contributed by atoms with Crippen molar-refractivity contribution in [3.8, 4) is 45.5 Å². The van der Waals surface area contributed by atoms with Gasteiger partial charge in [0.1, 0.15) is 11.6 Å². The first-order valence-corrected chi connectivity index (χ1v) is 20.6. The smallest absolute Gasteiger partial charge is 0.478 e. The summed E-state index contributed by atoms with van der Waals surface area (Å²) in [7, 11) is 0. The van der Waals surface area contributed by atoms with E-state index in [9.17, 15) is 47.0 Å². The first kappa shape index (κ1) is 46.0. The summed E-state index contributed by atoms with van der Waals surface area (Å²) in [5.41, 5.74) is 4.48. The number of hydrogen-bond acceptors (Lipinski definition) is 10. The van der Waals surface area contributed by atoms with E-state index in [0.29, 0.717) is 70.8 Å². The van der Waals surface area contributed by atoms with E-state index >= 15 is 0 Å². The molecule has 6 aromatic rings. The summed E-state index contributed by atoms with van der Waals surface area (Å²) in [6.45, 7) is 3.71. The van der Waals surface area contributed by atoms with Gasteiger partial charge in [0.15, 0.2) is 23.0 Å². The van der Waals surface area contributed by atoms with Crippen molar-refractivity contribution in [2.45, 2.75) is 69.4 Å². The molecular weight excluding hydrogens is 902 g/mol. The minimum atomic E-state index is -3.72. The van der Waals surface area contributed by atoms with E-state index in [1.807, 2.05) is 19.9 Å². The fourth-order valence-corrected chi connectivity index (χ4v) is 8.14. The second-order valence-electron chi connectivity index (χ2n) is 16.5. The molecule has 0 unspecified atom stereocenters. The molecule has 4 aromatic carbocycles. The molecule has 4 heterocycles. The van der Waals surface area contributed by atoms with Gasteiger partial charge in [-0.1, -0.05) is 48.5 Å². The highest BCUT2D eigenvalue weighted by Gasteiger charge is 2.54. The van der Waals surface area contributed by atoms with Gasteiger partial charge in [-0.25, -0.2) is 14.6 Å². The van der Waals surface area contributed by atoms with E-state index in [0.717, 1.165) is 11.1 Å². The minimum absolute atomic E-state index is 0. The molecule has 0 spiro atoms. The Morgan fingerprint density at radius 2 is 1.04 bits per heavy atom. The van der Waals surface area contributed by atoms with Crippen molar-refractivity contribution in [1.29, 1.82) is 0 Å². The molecule has 2 aliphatic heterocycles. The molecule has 67 heavy (non-hydrogen) atoms. The Morgan fingerprint density at radius 3 is 1.54 bits per heavy atom. The van der Waals surface area contributed by atoms with Crippen LogP contribution in [0.3, 0.4) is 0 Å². The number of benzene rings is 4. The summed E-state index contributed by atoms with van der Waals surface area (Å²) in [5.74, 6) is -2.46. The zero-order valence-electron chi connectivity index (χ0n) is 35.4. The monoisotopic (exact) mass is 939 g/mol. The lowest BCUT2D eigenvalue weighted by Gasteiger charge is -2.17. The van der Waals surface area contributed by atoms with Crippen LogP contribution in [0.4, 0.5) is 23.4 Å². The number of hydrogen-bond donors (Lipinski definition) is 3. The van der Waals surface area contributed by atoms with Gasteiger partial charge in [0.2, 0.25) is 5.91 Å². The van der Waals surface area contributed by atoms with Crippen LogP contribution in [0.15, 0.2) is 109 Å². The Kier molecular flexibility index (Phi) is 11.7. The van der Waals surface area contributed by atoms with Gasteiger partial charge >= 0.3 is 24.5 Å². The van der Waals surface area contributed by atoms with Crippen LogP contribution in [-0.4, -0.2) is 56.4 Å². The van der Waals surface area contributed by atoms with Crippen molar-refractivity contribution in [2.75, 3.05) is 5.32 Å². The van der Waals surface area contributed by atoms with Gasteiger partial charge in [-0.05, 0) is 122 Å². The van der Waals surface area contributed by atoms with Gasteiger partial charge in [0.05, 0.1) is 33.3 Å². The van der Waals surface area contributed by atoms with Crippen LogP contribution in [0.25, 0.3) is 22.5 Å². The number of nitrogens with one attached hydrogen (secondary N) is 1. The summed E-state index contributed by atoms with van der Waals surface area (Å²) in [6, 6.07) is 28.8. The number of carboxylic acids is 2. The molecule has 0 atom stereocenters. The molecule has 2 aromatic heterocycles. The van der Waals surface area contributed by atoms with Crippen molar-refractivity contribution in [3.05, 3.63) is 148 Å². The number of aromatic carboxylic acids is 2. The van der Waals surface area contributed by atoms with Crippen molar-refractivity contribution < 1.29 is 65.9 Å². The number of pyridine rings is 2. The maximum absolute atomic E-state index is 13.4. The number of alkyl halides is 4. The van der Waals surface area contributed by atoms with E-state index in [-0.39, 0.29) is 64.6 Å². The quantitative estimate of drug-likeness (QED) is 0.105. The summed E-state index contributed by atoms with van der Waals surface area (Å²) in [6.07, 6.45) is -5.04. The van der Waals surface area contributed by atoms with Crippen molar-refractivity contribution in [2.24, 2.45) is 0 Å². The third kappa shape index (κ3) is 9.19. The Morgan fingerprint density at radius 1 is 0.582 bits per heavy atom. The maximum atomic E-state index is 13.4. The lowest BCUT2D eigenvalue weighted by Crippen LogP contribution is -2.28. The molecule has 0 saturated heterocycles. The summed E-state index contributed by atoms with van der Waals surface area (Å²) in [5, 5.41) is 21.3. The van der Waals surface area contributed by atoms with Crippen LogP contribution in [0.1, 0.15) is 74.3 Å². The number of rotatable bonds is 11. The van der Waals surface area contributed by atoms with Crippen LogP contribution in [0, 0.1) is 13.8 Å². The van der Waals surface area contributed by atoms with Crippen molar-refractivity contribution >= 4 is 41.9 Å². The lowest BCUT2D eigenvalue weighted by atomic mass is 9.88. The molecule has 0 radical (unpaired) electrons. The van der Waals surface area contributed by atoms with Gasteiger partial charge in [-0.15, -0.1) is 30.0 Å². The summed E-state index contributed by atoms with van der Waals surface area (Å²) < 4.78 is 71.3. The van der Waals surface area contributed by atoms with Crippen LogP contribution in [0.2, 0.25) is 0 Å². The number of fused-ring (bicyclic) bond motifs is 2. The van der Waals surface area contributed by atoms with E-state index < -0.39 is 35.4 Å². The normalized spacial score (nSPS) is 16.6. The van der Waals surface area contributed by atoms with Crippen LogP contribution in [-0.2, 0) is 26.8 Å². The number of aromatic nitrogens is 2. The third-order valence-electron chi connectivity index (χ3n) is 12.0. The van der Waals surface area contributed by atoms with Gasteiger partial charge in [-0.3, -0.25) is 14.6 Å². The molecule has 4 aliphatic rings. The number of nitrogens with zero attached hydrogens (tertiary/aromatic N) is 2. The number of carbonyl (C=O) groups excluding carboxylic acids is 2. The molecule has 2 fully saturated rings. The second kappa shape index (κ2) is 17.0. The molecule has 10 rings (SSSR count). The standard InChI is InChI=1S/C25H19F2NO5.C24H18F2N2O5.ClH/c1-14-5-7-18(28-22(14)15-3-2-4-16(11-15)23(30)31)13-21(29)24(9-10-24)17-6-8-19-20(12-17)33-25(26,27)32-19;1-13-5-8-19(27-20(13)14-3-2-4-15(11-14)21(29)30)28-22(31)23(9-10-23)16-6-7-17-18(12-16)33-24(25,26)32-17;/h2-8,11-12H,9-10,13H2,1H3,(H,30,31);2-8,11-12H,9-10H2,1H3,(H,29,30)(H,27,28,31);1H. The topological polar surface area (TPSA) is 183 Å². The molecule has 18 heteroatoms. The number of carboxylic acid groups (broad SMARTS) is 2. The van der Waals surface area contributed by atoms with Crippen LogP contribution >= 0.6 is 12.4 Å². The first-order chi connectivity index (χ1) is 31.3. The number of carbonyl (C=O) groups is 4. The fourth-order valence-electron chi connectivity index (χ4n) is 8.14. The molecule has 3 N–H and O–H groups in total. The Labute approximate surface area is 385 Å². The number of Topliss-reactive ketones (excluding diaryl/α,β-unsaturated/α-hetero) is 1. The first-order valence-electron chi connectivity index (χ1n) is 20.6. The Hall–Kier alpha value is -7.53. The third-order valence-corrected chi connectivity index (χ3v) is 12.0. The van der Waals surface area contributed by atoms with E-state index in [2.05, 4.69) is 34.2 Å². The Balaban J connectivity index is 0.000000179. The van der Waals surface area contributed by atoms with Gasteiger partial charge in [-0.2, -0.15) is 0 Å². The molecule has 344 valence electrons. The average Bonchev–Trinajstić information content (AvgIpc) is 4.21. The van der Waals surface area contributed by atoms with E-state index in [4.69, 9.17) is 0 Å². The summed E-state index contributed by atoms with van der Waals surface area (Å²) >= 11 is 0. The zero-order chi connectivity index (χ0) is 46.8. The van der Waals surface area contributed by atoms with Gasteiger partial charge < -0.3 is 34.5 Å². The molecular formula is C49H38ClF4N3O10. The van der Waals surface area contributed by atoms with Crippen LogP contribution in [0.5, 0.6) is 23.0 Å². The van der Waals surface area contributed by atoms with Gasteiger partial charge in [0, 0.05) is 23.2 Å². The molecule has 1 amide bonds. The highest BCUT2D eigenvalue weighted by molar-refractivity contribution is 6.01. The fraction of sp³-hybridized carbons (Fsp3) is 0.224. The summed E-state index contributed by atoms with van der Waals surface area (Å²) in [4.78, 5) is 58.2. The minimum Gasteiger partial charge on any atom is -0.478 e. The van der Waals surface area contributed by atoms with E-state index in [1.54, 1.807) is 60.7 Å². The molecule has 2 aliphatic carbocycles.